The minimum Gasteiger partial charge on any atom is -0.507 e. The van der Waals surface area contributed by atoms with Crippen LogP contribution in [0.3, 0.4) is 0 Å². The van der Waals surface area contributed by atoms with Gasteiger partial charge in [0, 0.05) is 13.1 Å². The molecule has 2 N–H and O–H groups in total. The zero-order chi connectivity index (χ0) is 11.8. The van der Waals surface area contributed by atoms with Gasteiger partial charge in [0.2, 0.25) is 0 Å². The maximum Gasteiger partial charge on any atom is 0.121 e. The van der Waals surface area contributed by atoms with E-state index in [9.17, 15) is 5.11 Å². The first kappa shape index (κ1) is 11.5. The van der Waals surface area contributed by atoms with Crippen LogP contribution in [-0.4, -0.2) is 11.7 Å². The molecule has 0 aliphatic heterocycles. The predicted molar refractivity (Wildman–Crippen MR) is 66.6 cm³/mol. The minimum absolute atomic E-state index is 0.429. The average Bonchev–Trinajstić information content (AvgIpc) is 2.93. The van der Waals surface area contributed by atoms with Crippen LogP contribution in [0.2, 0.25) is 0 Å². The van der Waals surface area contributed by atoms with Gasteiger partial charge in [0.25, 0.3) is 0 Å². The third-order valence-electron chi connectivity index (χ3n) is 3.54. The SMILES string of the molecule is Cc1cc(CNCC2(C)CC2)cc(C)c1O. The maximum atomic E-state index is 9.68. The van der Waals surface area contributed by atoms with Gasteiger partial charge >= 0.3 is 0 Å². The van der Waals surface area contributed by atoms with Crippen molar-refractivity contribution in [2.24, 2.45) is 5.41 Å². The number of nitrogens with one attached hydrogen (secondary N) is 1. The smallest absolute Gasteiger partial charge is 0.121 e. The molecule has 0 heterocycles. The molecule has 0 unspecified atom stereocenters. The Bertz CT molecular complexity index is 371. The molecule has 1 fully saturated rings. The van der Waals surface area contributed by atoms with E-state index in [4.69, 9.17) is 0 Å². The van der Waals surface area contributed by atoms with Crippen LogP contribution in [0, 0.1) is 19.3 Å². The fraction of sp³-hybridized carbons (Fsp3) is 0.571. The summed E-state index contributed by atoms with van der Waals surface area (Å²) in [6.07, 6.45) is 2.71. The molecule has 0 spiro atoms. The van der Waals surface area contributed by atoms with Gasteiger partial charge in [-0.1, -0.05) is 19.1 Å². The Kier molecular flexibility index (Phi) is 2.94. The summed E-state index contributed by atoms with van der Waals surface area (Å²) in [5.74, 6) is 0.429. The second-order valence-corrected chi connectivity index (χ2v) is 5.49. The van der Waals surface area contributed by atoms with Crippen molar-refractivity contribution in [3.63, 3.8) is 0 Å². The van der Waals surface area contributed by atoms with E-state index >= 15 is 0 Å². The molecule has 0 radical (unpaired) electrons. The standard InChI is InChI=1S/C14H21NO/c1-10-6-12(7-11(2)13(10)16)8-15-9-14(3)4-5-14/h6-7,15-16H,4-5,8-9H2,1-3H3. The molecular weight excluding hydrogens is 198 g/mol. The molecule has 1 aliphatic rings. The molecule has 16 heavy (non-hydrogen) atoms. The van der Waals surface area contributed by atoms with Gasteiger partial charge in [-0.25, -0.2) is 0 Å². The molecule has 1 aliphatic carbocycles. The molecule has 2 heteroatoms. The first-order valence-electron chi connectivity index (χ1n) is 6.00. The Morgan fingerprint density at radius 1 is 1.25 bits per heavy atom. The number of aryl methyl sites for hydroxylation is 2. The molecule has 0 atom stereocenters. The van der Waals surface area contributed by atoms with Crippen LogP contribution in [0.4, 0.5) is 0 Å². The lowest BCUT2D eigenvalue weighted by atomic mass is 10.1. The summed E-state index contributed by atoms with van der Waals surface area (Å²) in [7, 11) is 0. The Morgan fingerprint density at radius 3 is 2.31 bits per heavy atom. The van der Waals surface area contributed by atoms with E-state index in [-0.39, 0.29) is 0 Å². The summed E-state index contributed by atoms with van der Waals surface area (Å²) < 4.78 is 0. The number of benzene rings is 1. The second-order valence-electron chi connectivity index (χ2n) is 5.49. The molecular formula is C14H21NO. The van der Waals surface area contributed by atoms with Gasteiger partial charge in [0.15, 0.2) is 0 Å². The van der Waals surface area contributed by atoms with Crippen LogP contribution in [0.15, 0.2) is 12.1 Å². The Labute approximate surface area is 97.7 Å². The van der Waals surface area contributed by atoms with E-state index < -0.39 is 0 Å². The Hall–Kier alpha value is -1.02. The van der Waals surface area contributed by atoms with Crippen LogP contribution in [0.5, 0.6) is 5.75 Å². The van der Waals surface area contributed by atoms with Crippen molar-refractivity contribution in [2.45, 2.75) is 40.2 Å². The number of phenolic OH excluding ortho intramolecular Hbond substituents is 1. The molecule has 1 aromatic rings. The van der Waals surface area contributed by atoms with Crippen LogP contribution < -0.4 is 5.32 Å². The third kappa shape index (κ3) is 2.56. The van der Waals surface area contributed by atoms with Crippen LogP contribution in [0.1, 0.15) is 36.5 Å². The Morgan fingerprint density at radius 2 is 1.81 bits per heavy atom. The van der Waals surface area contributed by atoms with Gasteiger partial charge in [-0.15, -0.1) is 0 Å². The number of aromatic hydroxyl groups is 1. The highest BCUT2D eigenvalue weighted by Crippen LogP contribution is 2.44. The van der Waals surface area contributed by atoms with Crippen LogP contribution in [0.25, 0.3) is 0 Å². The highest BCUT2D eigenvalue weighted by molar-refractivity contribution is 5.42. The average molecular weight is 219 g/mol. The van der Waals surface area contributed by atoms with Crippen molar-refractivity contribution < 1.29 is 5.11 Å². The number of hydrogen-bond donors (Lipinski definition) is 2. The minimum atomic E-state index is 0.429. The van der Waals surface area contributed by atoms with Crippen molar-refractivity contribution >= 4 is 0 Å². The first-order chi connectivity index (χ1) is 7.50. The van der Waals surface area contributed by atoms with E-state index in [2.05, 4.69) is 24.4 Å². The van der Waals surface area contributed by atoms with Gasteiger partial charge in [0.1, 0.15) is 5.75 Å². The maximum absolute atomic E-state index is 9.68. The zero-order valence-electron chi connectivity index (χ0n) is 10.4. The topological polar surface area (TPSA) is 32.3 Å². The van der Waals surface area contributed by atoms with Crippen molar-refractivity contribution in [3.05, 3.63) is 28.8 Å². The lowest BCUT2D eigenvalue weighted by molar-refractivity contribution is 0.465. The van der Waals surface area contributed by atoms with Gasteiger partial charge < -0.3 is 10.4 Å². The van der Waals surface area contributed by atoms with Crippen molar-refractivity contribution in [1.29, 1.82) is 0 Å². The Balaban J connectivity index is 1.94. The fourth-order valence-electron chi connectivity index (χ4n) is 2.05. The molecule has 1 aromatic carbocycles. The molecule has 88 valence electrons. The van der Waals surface area contributed by atoms with Crippen molar-refractivity contribution in [2.75, 3.05) is 6.54 Å². The monoisotopic (exact) mass is 219 g/mol. The summed E-state index contributed by atoms with van der Waals surface area (Å²) in [5, 5.41) is 13.2. The van der Waals surface area contributed by atoms with Gasteiger partial charge in [-0.05, 0) is 48.8 Å². The third-order valence-corrected chi connectivity index (χ3v) is 3.54. The lowest BCUT2D eigenvalue weighted by Crippen LogP contribution is -2.21. The molecule has 2 nitrogen and oxygen atoms in total. The van der Waals surface area contributed by atoms with E-state index in [1.54, 1.807) is 0 Å². The van der Waals surface area contributed by atoms with Gasteiger partial charge in [0.05, 0.1) is 0 Å². The molecule has 0 bridgehead atoms. The largest absolute Gasteiger partial charge is 0.507 e. The van der Waals surface area contributed by atoms with Crippen LogP contribution >= 0.6 is 0 Å². The summed E-state index contributed by atoms with van der Waals surface area (Å²) in [5.41, 5.74) is 3.75. The van der Waals surface area contributed by atoms with E-state index in [0.717, 1.165) is 24.2 Å². The quantitative estimate of drug-likeness (QED) is 0.816. The number of phenols is 1. The lowest BCUT2D eigenvalue weighted by Gasteiger charge is -2.12. The normalized spacial score (nSPS) is 17.4. The van der Waals surface area contributed by atoms with E-state index in [1.807, 2.05) is 13.8 Å². The highest BCUT2D eigenvalue weighted by atomic mass is 16.3. The summed E-state index contributed by atoms with van der Waals surface area (Å²) in [4.78, 5) is 0. The second kappa shape index (κ2) is 4.10. The molecule has 0 aromatic heterocycles. The van der Waals surface area contributed by atoms with E-state index in [1.165, 1.54) is 18.4 Å². The molecule has 0 saturated heterocycles. The first-order valence-corrected chi connectivity index (χ1v) is 6.00. The van der Waals surface area contributed by atoms with Crippen molar-refractivity contribution in [3.8, 4) is 5.75 Å². The number of rotatable bonds is 4. The fourth-order valence-corrected chi connectivity index (χ4v) is 2.05. The summed E-state index contributed by atoms with van der Waals surface area (Å²) >= 11 is 0. The predicted octanol–water partition coefficient (Wildman–Crippen LogP) is 2.90. The summed E-state index contributed by atoms with van der Waals surface area (Å²) in [6, 6.07) is 4.12. The summed E-state index contributed by atoms with van der Waals surface area (Å²) in [6.45, 7) is 8.24. The zero-order valence-corrected chi connectivity index (χ0v) is 10.4. The van der Waals surface area contributed by atoms with E-state index in [0.29, 0.717) is 11.2 Å². The van der Waals surface area contributed by atoms with Gasteiger partial charge in [-0.3, -0.25) is 0 Å². The highest BCUT2D eigenvalue weighted by Gasteiger charge is 2.36. The molecule has 0 amide bonds. The van der Waals surface area contributed by atoms with Crippen molar-refractivity contribution in [1.82, 2.24) is 5.32 Å². The van der Waals surface area contributed by atoms with Gasteiger partial charge in [-0.2, -0.15) is 0 Å². The molecule has 1 saturated carbocycles. The van der Waals surface area contributed by atoms with Crippen LogP contribution in [-0.2, 0) is 6.54 Å². The number of hydrogen-bond acceptors (Lipinski definition) is 2. The molecule has 2 rings (SSSR count).